The number of aromatic hydroxyl groups is 4. The summed E-state index contributed by atoms with van der Waals surface area (Å²) in [7, 11) is 0. The lowest BCUT2D eigenvalue weighted by Crippen LogP contribution is -1.90. The summed E-state index contributed by atoms with van der Waals surface area (Å²) in [4.78, 5) is 10.3. The predicted molar refractivity (Wildman–Crippen MR) is 84.1 cm³/mol. The topological polar surface area (TPSA) is 110 Å². The summed E-state index contributed by atoms with van der Waals surface area (Å²) in [6.07, 6.45) is 2.63. The Kier molecular flexibility index (Phi) is 4.80. The Balaban J connectivity index is 2.40. The highest BCUT2D eigenvalue weighted by molar-refractivity contribution is 8.00. The van der Waals surface area contributed by atoms with Crippen LogP contribution in [0.15, 0.2) is 41.3 Å². The third-order valence-corrected chi connectivity index (χ3v) is 3.70. The van der Waals surface area contributed by atoms with E-state index in [0.29, 0.717) is 12.0 Å². The lowest BCUT2D eigenvalue weighted by molar-refractivity contribution is -0.104. The number of phenolic OH excluding ortho intramolecular Hbond substituents is 4. The first-order valence-electron chi connectivity index (χ1n) is 6.15. The molecule has 0 saturated carbocycles. The third kappa shape index (κ3) is 3.09. The number of carbonyl (C=O) groups is 1. The largest absolute Gasteiger partial charge is 0.506 e. The van der Waals surface area contributed by atoms with E-state index >= 15 is 0 Å². The standard InChI is InChI=1S/C15H13NO5S/c17-8-4-7-10-11(18)13(20)14(21)15(12(10)19)22-16-9-5-2-1-3-6-9/h1-8,16,18-21H/b7-4+. The average Bonchev–Trinajstić information content (AvgIpc) is 2.54. The number of para-hydroxylation sites is 1. The second-order valence-corrected chi connectivity index (χ2v) is 5.02. The van der Waals surface area contributed by atoms with E-state index in [-0.39, 0.29) is 10.5 Å². The van der Waals surface area contributed by atoms with Gasteiger partial charge in [-0.3, -0.25) is 4.79 Å². The molecule has 2 aromatic rings. The minimum atomic E-state index is -0.777. The zero-order valence-electron chi connectivity index (χ0n) is 11.2. The first-order valence-corrected chi connectivity index (χ1v) is 6.97. The summed E-state index contributed by atoms with van der Waals surface area (Å²) < 4.78 is 2.88. The van der Waals surface area contributed by atoms with Crippen molar-refractivity contribution in [2.24, 2.45) is 0 Å². The first kappa shape index (κ1) is 15.6. The Bertz CT molecular complexity index is 716. The highest BCUT2D eigenvalue weighted by Gasteiger charge is 2.22. The fourth-order valence-electron chi connectivity index (χ4n) is 1.70. The van der Waals surface area contributed by atoms with E-state index in [2.05, 4.69) is 4.72 Å². The van der Waals surface area contributed by atoms with Gasteiger partial charge in [0.05, 0.1) is 5.56 Å². The summed E-state index contributed by atoms with van der Waals surface area (Å²) in [6.45, 7) is 0. The van der Waals surface area contributed by atoms with Crippen LogP contribution in [0.3, 0.4) is 0 Å². The van der Waals surface area contributed by atoms with Crippen molar-refractivity contribution in [1.82, 2.24) is 0 Å². The van der Waals surface area contributed by atoms with Crippen LogP contribution in [0.1, 0.15) is 5.56 Å². The molecule has 22 heavy (non-hydrogen) atoms. The van der Waals surface area contributed by atoms with E-state index in [0.717, 1.165) is 24.1 Å². The Labute approximate surface area is 130 Å². The second kappa shape index (κ2) is 6.77. The maximum Gasteiger partial charge on any atom is 0.202 e. The number of anilines is 1. The number of rotatable bonds is 5. The van der Waals surface area contributed by atoms with Crippen LogP contribution in [-0.2, 0) is 4.79 Å². The lowest BCUT2D eigenvalue weighted by Gasteiger charge is -2.13. The molecule has 7 heteroatoms. The summed E-state index contributed by atoms with van der Waals surface area (Å²) in [5, 5.41) is 39.4. The van der Waals surface area contributed by atoms with Crippen molar-refractivity contribution in [1.29, 1.82) is 0 Å². The van der Waals surface area contributed by atoms with Gasteiger partial charge in [-0.25, -0.2) is 0 Å². The number of nitrogens with one attached hydrogen (secondary N) is 1. The Hall–Kier alpha value is -2.80. The van der Waals surface area contributed by atoms with Gasteiger partial charge in [-0.1, -0.05) is 18.2 Å². The molecule has 6 nitrogen and oxygen atoms in total. The first-order chi connectivity index (χ1) is 10.6. The second-order valence-electron chi connectivity index (χ2n) is 4.20. The Morgan fingerprint density at radius 1 is 0.909 bits per heavy atom. The summed E-state index contributed by atoms with van der Waals surface area (Å²) in [6, 6.07) is 8.98. The fourth-order valence-corrected chi connectivity index (χ4v) is 2.46. The van der Waals surface area contributed by atoms with Gasteiger partial charge in [0.25, 0.3) is 0 Å². The molecule has 0 atom stereocenters. The van der Waals surface area contributed by atoms with Gasteiger partial charge in [0.1, 0.15) is 16.9 Å². The molecule has 5 N–H and O–H groups in total. The molecular formula is C15H13NO5S. The van der Waals surface area contributed by atoms with Crippen molar-refractivity contribution in [3.63, 3.8) is 0 Å². The zero-order valence-corrected chi connectivity index (χ0v) is 12.0. The molecule has 114 valence electrons. The number of carbonyl (C=O) groups excluding carboxylic acids is 1. The molecule has 0 aliphatic heterocycles. The fraction of sp³-hybridized carbons (Fsp3) is 0. The maximum absolute atomic E-state index is 10.4. The van der Waals surface area contributed by atoms with Crippen LogP contribution in [0.25, 0.3) is 6.08 Å². The quantitative estimate of drug-likeness (QED) is 0.189. The molecule has 0 saturated heterocycles. The van der Waals surface area contributed by atoms with Crippen molar-refractivity contribution in [3.8, 4) is 23.0 Å². The SMILES string of the molecule is O=C/C=C/c1c(O)c(O)c(O)c(SNc2ccccc2)c1O. The van der Waals surface area contributed by atoms with E-state index in [1.165, 1.54) is 0 Å². The lowest BCUT2D eigenvalue weighted by atomic mass is 10.1. The Morgan fingerprint density at radius 2 is 1.59 bits per heavy atom. The van der Waals surface area contributed by atoms with Gasteiger partial charge >= 0.3 is 0 Å². The normalized spacial score (nSPS) is 10.7. The van der Waals surface area contributed by atoms with E-state index in [9.17, 15) is 25.2 Å². The van der Waals surface area contributed by atoms with Gasteiger partial charge in [0.2, 0.25) is 5.75 Å². The number of allylic oxidation sites excluding steroid dienone is 1. The summed E-state index contributed by atoms with van der Waals surface area (Å²) in [5.74, 6) is -2.61. The highest BCUT2D eigenvalue weighted by atomic mass is 32.2. The molecule has 0 aliphatic rings. The number of aldehydes is 1. The van der Waals surface area contributed by atoms with E-state index < -0.39 is 23.0 Å². The molecule has 0 fully saturated rings. The predicted octanol–water partition coefficient (Wildman–Crippen LogP) is 2.84. The third-order valence-electron chi connectivity index (χ3n) is 2.78. The Morgan fingerprint density at radius 3 is 2.23 bits per heavy atom. The molecule has 0 aromatic heterocycles. The van der Waals surface area contributed by atoms with Crippen LogP contribution in [0.5, 0.6) is 23.0 Å². The number of hydrogen-bond acceptors (Lipinski definition) is 7. The van der Waals surface area contributed by atoms with Gasteiger partial charge in [-0.05, 0) is 36.2 Å². The molecular weight excluding hydrogens is 306 g/mol. The van der Waals surface area contributed by atoms with Gasteiger partial charge in [-0.15, -0.1) is 0 Å². The molecule has 0 heterocycles. The van der Waals surface area contributed by atoms with E-state index in [1.54, 1.807) is 24.3 Å². The monoisotopic (exact) mass is 319 g/mol. The molecule has 0 aliphatic carbocycles. The van der Waals surface area contributed by atoms with Crippen LogP contribution in [-0.4, -0.2) is 26.7 Å². The minimum absolute atomic E-state index is 0.0790. The van der Waals surface area contributed by atoms with Crippen molar-refractivity contribution in [2.75, 3.05) is 4.72 Å². The van der Waals surface area contributed by atoms with Crippen LogP contribution >= 0.6 is 11.9 Å². The average molecular weight is 319 g/mol. The number of hydrogen-bond donors (Lipinski definition) is 5. The van der Waals surface area contributed by atoms with E-state index in [1.807, 2.05) is 6.07 Å². The number of benzene rings is 2. The van der Waals surface area contributed by atoms with Crippen molar-refractivity contribution < 1.29 is 25.2 Å². The molecule has 0 unspecified atom stereocenters. The molecule has 0 amide bonds. The van der Waals surface area contributed by atoms with Crippen LogP contribution in [0, 0.1) is 0 Å². The van der Waals surface area contributed by atoms with Crippen LogP contribution in [0.4, 0.5) is 5.69 Å². The zero-order chi connectivity index (χ0) is 16.1. The van der Waals surface area contributed by atoms with Crippen LogP contribution in [0.2, 0.25) is 0 Å². The molecule has 0 radical (unpaired) electrons. The van der Waals surface area contributed by atoms with Gasteiger partial charge in [0.15, 0.2) is 11.5 Å². The van der Waals surface area contributed by atoms with Crippen molar-refractivity contribution >= 4 is 30.0 Å². The highest BCUT2D eigenvalue weighted by Crippen LogP contribution is 2.51. The smallest absolute Gasteiger partial charge is 0.202 e. The summed E-state index contributed by atoms with van der Waals surface area (Å²) in [5.41, 5.74) is 0.545. The molecule has 2 rings (SSSR count). The minimum Gasteiger partial charge on any atom is -0.506 e. The molecule has 0 spiro atoms. The van der Waals surface area contributed by atoms with Gasteiger partial charge in [0, 0.05) is 5.69 Å². The summed E-state index contributed by atoms with van der Waals surface area (Å²) >= 11 is 0.854. The van der Waals surface area contributed by atoms with Crippen molar-refractivity contribution in [2.45, 2.75) is 4.90 Å². The van der Waals surface area contributed by atoms with Crippen LogP contribution < -0.4 is 4.72 Å². The molecule has 2 aromatic carbocycles. The van der Waals surface area contributed by atoms with Gasteiger partial charge < -0.3 is 25.1 Å². The van der Waals surface area contributed by atoms with Crippen molar-refractivity contribution in [3.05, 3.63) is 42.0 Å². The maximum atomic E-state index is 10.4. The molecule has 0 bridgehead atoms. The number of phenols is 4. The van der Waals surface area contributed by atoms with Gasteiger partial charge in [-0.2, -0.15) is 0 Å². The van der Waals surface area contributed by atoms with E-state index in [4.69, 9.17) is 0 Å².